The highest BCUT2D eigenvalue weighted by Gasteiger charge is 2.38. The number of carbonyl (C=O) groups is 1. The van der Waals surface area contributed by atoms with Gasteiger partial charge in [-0.25, -0.2) is 18.2 Å². The van der Waals surface area contributed by atoms with E-state index in [2.05, 4.69) is 15.1 Å². The molecule has 1 aromatic carbocycles. The van der Waals surface area contributed by atoms with Crippen molar-refractivity contribution in [2.24, 2.45) is 0 Å². The van der Waals surface area contributed by atoms with E-state index in [0.29, 0.717) is 35.4 Å². The normalized spacial score (nSPS) is 16.4. The van der Waals surface area contributed by atoms with Gasteiger partial charge in [-0.1, -0.05) is 6.07 Å². The Balaban J connectivity index is 1.60. The summed E-state index contributed by atoms with van der Waals surface area (Å²) in [5.41, 5.74) is 1.81. The van der Waals surface area contributed by atoms with Crippen LogP contribution in [0.2, 0.25) is 0 Å². The van der Waals surface area contributed by atoms with Crippen LogP contribution in [-0.2, 0) is 13.0 Å². The first-order valence-corrected chi connectivity index (χ1v) is 9.34. The van der Waals surface area contributed by atoms with E-state index in [1.54, 1.807) is 12.1 Å². The van der Waals surface area contributed by atoms with E-state index in [1.807, 2.05) is 0 Å². The van der Waals surface area contributed by atoms with Crippen LogP contribution in [0.1, 0.15) is 33.7 Å². The standard InChI is InChI=1S/C20H16F3N5O2/c21-12-2-1-3-15-11(12)8-16(30-15)19-18-13(24-10-25-18)5-7-27(19)20(29)14-4-6-26-28(14)9-17(22)23/h1-4,6,8,10,17,19H,5,7,9H2,(H,24,25)/t19-/m1/s1. The Labute approximate surface area is 168 Å². The molecule has 154 valence electrons. The smallest absolute Gasteiger partial charge is 0.273 e. The van der Waals surface area contributed by atoms with Crippen LogP contribution >= 0.6 is 0 Å². The number of nitrogens with zero attached hydrogens (tertiary/aromatic N) is 4. The van der Waals surface area contributed by atoms with Gasteiger partial charge in [0.1, 0.15) is 35.4 Å². The lowest BCUT2D eigenvalue weighted by Gasteiger charge is -2.33. The lowest BCUT2D eigenvalue weighted by molar-refractivity contribution is 0.0648. The van der Waals surface area contributed by atoms with Gasteiger partial charge in [-0.3, -0.25) is 9.48 Å². The molecule has 1 amide bonds. The number of carbonyl (C=O) groups excluding carboxylic acids is 1. The van der Waals surface area contributed by atoms with Crippen molar-refractivity contribution in [3.63, 3.8) is 0 Å². The molecule has 4 heterocycles. The van der Waals surface area contributed by atoms with Crippen molar-refractivity contribution in [2.75, 3.05) is 6.54 Å². The highest BCUT2D eigenvalue weighted by atomic mass is 19.3. The van der Waals surface area contributed by atoms with Crippen molar-refractivity contribution in [3.05, 3.63) is 71.5 Å². The third kappa shape index (κ3) is 2.95. The van der Waals surface area contributed by atoms with Gasteiger partial charge in [-0.15, -0.1) is 0 Å². The Morgan fingerprint density at radius 2 is 2.20 bits per heavy atom. The van der Waals surface area contributed by atoms with Crippen LogP contribution in [0, 0.1) is 5.82 Å². The maximum atomic E-state index is 14.2. The van der Waals surface area contributed by atoms with Crippen molar-refractivity contribution in [1.82, 2.24) is 24.6 Å². The molecule has 0 bridgehead atoms. The van der Waals surface area contributed by atoms with Gasteiger partial charge in [0.25, 0.3) is 12.3 Å². The number of H-pyrrole nitrogens is 1. The zero-order valence-corrected chi connectivity index (χ0v) is 15.6. The minimum Gasteiger partial charge on any atom is -0.458 e. The van der Waals surface area contributed by atoms with E-state index in [1.165, 1.54) is 35.6 Å². The summed E-state index contributed by atoms with van der Waals surface area (Å²) in [4.78, 5) is 22.2. The molecule has 7 nitrogen and oxygen atoms in total. The van der Waals surface area contributed by atoms with Crippen LogP contribution in [0.25, 0.3) is 11.0 Å². The molecule has 3 aromatic heterocycles. The Bertz CT molecular complexity index is 1230. The Kier molecular flexibility index (Phi) is 4.34. The summed E-state index contributed by atoms with van der Waals surface area (Å²) in [7, 11) is 0. The first-order chi connectivity index (χ1) is 14.5. The maximum absolute atomic E-state index is 14.2. The van der Waals surface area contributed by atoms with Crippen LogP contribution < -0.4 is 0 Å². The number of alkyl halides is 2. The lowest BCUT2D eigenvalue weighted by atomic mass is 9.99. The van der Waals surface area contributed by atoms with E-state index >= 15 is 0 Å². The molecule has 0 saturated carbocycles. The van der Waals surface area contributed by atoms with Crippen LogP contribution in [0.5, 0.6) is 0 Å². The van der Waals surface area contributed by atoms with E-state index in [9.17, 15) is 18.0 Å². The monoisotopic (exact) mass is 415 g/mol. The van der Waals surface area contributed by atoms with Crippen LogP contribution in [0.4, 0.5) is 13.2 Å². The van der Waals surface area contributed by atoms with E-state index in [4.69, 9.17) is 4.42 Å². The Hall–Kier alpha value is -3.56. The topological polar surface area (TPSA) is 80.0 Å². The number of aromatic nitrogens is 4. The van der Waals surface area contributed by atoms with Gasteiger partial charge >= 0.3 is 0 Å². The number of halogens is 3. The minimum absolute atomic E-state index is 0.0431. The molecule has 1 atom stereocenters. The molecule has 1 aliphatic heterocycles. The summed E-state index contributed by atoms with van der Waals surface area (Å²) in [5.74, 6) is -0.572. The van der Waals surface area contributed by atoms with Gasteiger partial charge < -0.3 is 14.3 Å². The predicted octanol–water partition coefficient (Wildman–Crippen LogP) is 3.54. The van der Waals surface area contributed by atoms with Crippen LogP contribution in [-0.4, -0.2) is 43.5 Å². The molecule has 1 aliphatic rings. The summed E-state index contributed by atoms with van der Waals surface area (Å²) in [6, 6.07) is 6.73. The van der Waals surface area contributed by atoms with Gasteiger partial charge in [-0.2, -0.15) is 5.10 Å². The number of amides is 1. The van der Waals surface area contributed by atoms with Gasteiger partial charge in [0.15, 0.2) is 0 Å². The molecule has 0 radical (unpaired) electrons. The lowest BCUT2D eigenvalue weighted by Crippen LogP contribution is -2.41. The van der Waals surface area contributed by atoms with E-state index in [-0.39, 0.29) is 5.69 Å². The highest BCUT2D eigenvalue weighted by Crippen LogP contribution is 2.37. The van der Waals surface area contributed by atoms with Gasteiger partial charge in [0.2, 0.25) is 0 Å². The van der Waals surface area contributed by atoms with Crippen molar-refractivity contribution >= 4 is 16.9 Å². The second kappa shape index (κ2) is 7.05. The third-order valence-electron chi connectivity index (χ3n) is 5.23. The number of nitrogens with one attached hydrogen (secondary N) is 1. The van der Waals surface area contributed by atoms with Gasteiger partial charge in [-0.05, 0) is 24.3 Å². The fraction of sp³-hybridized carbons (Fsp3) is 0.250. The highest BCUT2D eigenvalue weighted by molar-refractivity contribution is 5.93. The largest absolute Gasteiger partial charge is 0.458 e. The fourth-order valence-corrected chi connectivity index (χ4v) is 3.90. The molecule has 1 N–H and O–H groups in total. The summed E-state index contributed by atoms with van der Waals surface area (Å²) in [6.07, 6.45) is 0.695. The number of aromatic amines is 1. The molecule has 0 spiro atoms. The molecule has 0 fully saturated rings. The van der Waals surface area contributed by atoms with Crippen molar-refractivity contribution < 1.29 is 22.4 Å². The predicted molar refractivity (Wildman–Crippen MR) is 99.6 cm³/mol. The second-order valence-electron chi connectivity index (χ2n) is 7.01. The summed E-state index contributed by atoms with van der Waals surface area (Å²) in [5, 5.41) is 4.14. The first-order valence-electron chi connectivity index (χ1n) is 9.34. The number of furan rings is 1. The maximum Gasteiger partial charge on any atom is 0.273 e. The quantitative estimate of drug-likeness (QED) is 0.553. The van der Waals surface area contributed by atoms with Crippen LogP contribution in [0.15, 0.2) is 47.3 Å². The van der Waals surface area contributed by atoms with Crippen LogP contribution in [0.3, 0.4) is 0 Å². The molecular weight excluding hydrogens is 399 g/mol. The number of benzene rings is 1. The average Bonchev–Trinajstić information content (AvgIpc) is 3.45. The minimum atomic E-state index is -2.65. The Morgan fingerprint density at radius 1 is 1.33 bits per heavy atom. The SMILES string of the molecule is O=C(c1ccnn1CC(F)F)N1CCc2[nH]cnc2[C@H]1c1cc2c(F)cccc2o1. The average molecular weight is 415 g/mol. The zero-order chi connectivity index (χ0) is 20.8. The molecule has 10 heteroatoms. The van der Waals surface area contributed by atoms with Gasteiger partial charge in [0.05, 0.1) is 17.4 Å². The van der Waals surface area contributed by atoms with Crippen molar-refractivity contribution in [2.45, 2.75) is 25.4 Å². The van der Waals surface area contributed by atoms with Gasteiger partial charge in [0, 0.05) is 24.9 Å². The number of imidazole rings is 1. The summed E-state index contributed by atoms with van der Waals surface area (Å²) < 4.78 is 46.8. The third-order valence-corrected chi connectivity index (χ3v) is 5.23. The molecule has 0 aliphatic carbocycles. The zero-order valence-electron chi connectivity index (χ0n) is 15.6. The number of fused-ring (bicyclic) bond motifs is 2. The molecule has 30 heavy (non-hydrogen) atoms. The van der Waals surface area contributed by atoms with Crippen molar-refractivity contribution in [1.29, 1.82) is 0 Å². The number of hydrogen-bond donors (Lipinski definition) is 1. The molecule has 5 rings (SSSR count). The molecule has 4 aromatic rings. The van der Waals surface area contributed by atoms with Crippen molar-refractivity contribution in [3.8, 4) is 0 Å². The fourth-order valence-electron chi connectivity index (χ4n) is 3.90. The first kappa shape index (κ1) is 18.5. The number of rotatable bonds is 4. The molecular formula is C20H16F3N5O2. The van der Waals surface area contributed by atoms with E-state index < -0.39 is 30.7 Å². The molecule has 0 unspecified atom stereocenters. The summed E-state index contributed by atoms with van der Waals surface area (Å²) in [6.45, 7) is -0.381. The van der Waals surface area contributed by atoms with E-state index in [0.717, 1.165) is 10.4 Å². The Morgan fingerprint density at radius 3 is 3.00 bits per heavy atom. The second-order valence-corrected chi connectivity index (χ2v) is 7.01. The molecule has 0 saturated heterocycles. The summed E-state index contributed by atoms with van der Waals surface area (Å²) >= 11 is 0. The number of hydrogen-bond acceptors (Lipinski definition) is 4.